The number of aromatic nitrogens is 2. The molecule has 1 unspecified atom stereocenters. The van der Waals surface area contributed by atoms with Crippen LogP contribution in [0.2, 0.25) is 0 Å². The second-order valence-corrected chi connectivity index (χ2v) is 4.40. The Balaban J connectivity index is 2.21. The lowest BCUT2D eigenvalue weighted by Gasteiger charge is -2.14. The van der Waals surface area contributed by atoms with Crippen molar-refractivity contribution in [1.29, 1.82) is 0 Å². The Labute approximate surface area is 113 Å². The lowest BCUT2D eigenvalue weighted by Crippen LogP contribution is -2.09. The first-order valence-corrected chi connectivity index (χ1v) is 6.68. The summed E-state index contributed by atoms with van der Waals surface area (Å²) in [5, 5.41) is 14.6. The van der Waals surface area contributed by atoms with Crippen LogP contribution in [0.15, 0.2) is 36.5 Å². The van der Waals surface area contributed by atoms with Crippen LogP contribution in [0, 0.1) is 0 Å². The second kappa shape index (κ2) is 6.38. The zero-order valence-corrected chi connectivity index (χ0v) is 11.4. The Hall–Kier alpha value is -1.81. The van der Waals surface area contributed by atoms with Crippen LogP contribution < -0.4 is 4.74 Å². The van der Waals surface area contributed by atoms with Gasteiger partial charge in [-0.05, 0) is 37.1 Å². The molecule has 1 heterocycles. The molecule has 19 heavy (non-hydrogen) atoms. The Morgan fingerprint density at radius 2 is 2.16 bits per heavy atom. The molecule has 0 aliphatic heterocycles. The second-order valence-electron chi connectivity index (χ2n) is 4.40. The summed E-state index contributed by atoms with van der Waals surface area (Å²) in [4.78, 5) is 0. The third kappa shape index (κ3) is 3.15. The molecule has 0 aliphatic carbocycles. The van der Waals surface area contributed by atoms with Crippen LogP contribution >= 0.6 is 0 Å². The van der Waals surface area contributed by atoms with Crippen LogP contribution in [-0.2, 0) is 6.54 Å². The van der Waals surface area contributed by atoms with E-state index >= 15 is 0 Å². The van der Waals surface area contributed by atoms with E-state index in [-0.39, 0.29) is 0 Å². The van der Waals surface area contributed by atoms with Crippen LogP contribution in [0.1, 0.15) is 37.6 Å². The lowest BCUT2D eigenvalue weighted by molar-refractivity contribution is 0.207. The summed E-state index contributed by atoms with van der Waals surface area (Å²) >= 11 is 0. The highest BCUT2D eigenvalue weighted by Gasteiger charge is 2.15. The molecule has 0 saturated heterocycles. The fourth-order valence-electron chi connectivity index (χ4n) is 2.00. The first kappa shape index (κ1) is 13.6. The minimum absolute atomic E-state index is 0.673. The molecule has 0 bridgehead atoms. The van der Waals surface area contributed by atoms with Crippen molar-refractivity contribution in [1.82, 2.24) is 9.78 Å². The van der Waals surface area contributed by atoms with Gasteiger partial charge in [0.25, 0.3) is 0 Å². The standard InChI is InChI=1S/C15H20N2O2/c1-3-10-19-13-7-5-6-12(11-13)15(18)14-8-9-16-17(14)4-2/h5-9,11,15,18H,3-4,10H2,1-2H3. The van der Waals surface area contributed by atoms with Gasteiger partial charge in [-0.3, -0.25) is 4.68 Å². The molecule has 0 radical (unpaired) electrons. The summed E-state index contributed by atoms with van der Waals surface area (Å²) in [6.45, 7) is 5.50. The van der Waals surface area contributed by atoms with E-state index in [4.69, 9.17) is 4.74 Å². The maximum Gasteiger partial charge on any atom is 0.121 e. The number of hydrogen-bond donors (Lipinski definition) is 1. The predicted molar refractivity (Wildman–Crippen MR) is 74.2 cm³/mol. The monoisotopic (exact) mass is 260 g/mol. The molecular formula is C15H20N2O2. The first-order valence-electron chi connectivity index (χ1n) is 6.68. The molecule has 0 amide bonds. The zero-order chi connectivity index (χ0) is 13.7. The Morgan fingerprint density at radius 1 is 1.32 bits per heavy atom. The van der Waals surface area contributed by atoms with Crippen molar-refractivity contribution < 1.29 is 9.84 Å². The average Bonchev–Trinajstić information content (AvgIpc) is 2.93. The summed E-state index contributed by atoms with van der Waals surface area (Å²) < 4.78 is 7.38. The Morgan fingerprint density at radius 3 is 2.89 bits per heavy atom. The molecule has 0 spiro atoms. The largest absolute Gasteiger partial charge is 0.494 e. The van der Waals surface area contributed by atoms with Gasteiger partial charge in [0.15, 0.2) is 0 Å². The molecule has 1 aromatic heterocycles. The number of aliphatic hydroxyl groups excluding tert-OH is 1. The SMILES string of the molecule is CCCOc1cccc(C(O)c2ccnn2CC)c1. The van der Waals surface area contributed by atoms with E-state index in [2.05, 4.69) is 12.0 Å². The molecule has 102 valence electrons. The number of ether oxygens (including phenoxy) is 1. The van der Waals surface area contributed by atoms with Crippen molar-refractivity contribution in [3.05, 3.63) is 47.8 Å². The zero-order valence-electron chi connectivity index (χ0n) is 11.4. The number of rotatable bonds is 6. The van der Waals surface area contributed by atoms with E-state index in [9.17, 15) is 5.11 Å². The van der Waals surface area contributed by atoms with Crippen molar-refractivity contribution >= 4 is 0 Å². The average molecular weight is 260 g/mol. The molecule has 1 atom stereocenters. The summed E-state index contributed by atoms with van der Waals surface area (Å²) in [7, 11) is 0. The van der Waals surface area contributed by atoms with Gasteiger partial charge >= 0.3 is 0 Å². The van der Waals surface area contributed by atoms with Gasteiger partial charge in [0.2, 0.25) is 0 Å². The van der Waals surface area contributed by atoms with E-state index in [0.29, 0.717) is 6.61 Å². The molecule has 2 rings (SSSR count). The summed E-state index contributed by atoms with van der Waals surface area (Å²) in [5.74, 6) is 0.793. The molecule has 0 fully saturated rings. The van der Waals surface area contributed by atoms with Crippen LogP contribution in [-0.4, -0.2) is 21.5 Å². The van der Waals surface area contributed by atoms with E-state index in [1.165, 1.54) is 0 Å². The molecule has 4 heteroatoms. The van der Waals surface area contributed by atoms with Crippen LogP contribution in [0.3, 0.4) is 0 Å². The summed E-state index contributed by atoms with van der Waals surface area (Å²) in [6.07, 6.45) is 2.00. The fourth-order valence-corrected chi connectivity index (χ4v) is 2.00. The summed E-state index contributed by atoms with van der Waals surface area (Å²) in [5.41, 5.74) is 1.62. The van der Waals surface area contributed by atoms with E-state index in [1.807, 2.05) is 37.3 Å². The Kier molecular flexibility index (Phi) is 4.58. The topological polar surface area (TPSA) is 47.3 Å². The molecule has 2 aromatic rings. The van der Waals surface area contributed by atoms with Gasteiger partial charge in [-0.15, -0.1) is 0 Å². The maximum absolute atomic E-state index is 10.4. The van der Waals surface area contributed by atoms with Crippen molar-refractivity contribution in [2.75, 3.05) is 6.61 Å². The fraction of sp³-hybridized carbons (Fsp3) is 0.400. The van der Waals surface area contributed by atoms with Gasteiger partial charge in [0.1, 0.15) is 11.9 Å². The normalized spacial score (nSPS) is 12.4. The third-order valence-electron chi connectivity index (χ3n) is 2.98. The lowest BCUT2D eigenvalue weighted by atomic mass is 10.1. The molecule has 0 saturated carbocycles. The third-order valence-corrected chi connectivity index (χ3v) is 2.98. The molecule has 1 aromatic carbocycles. The number of aryl methyl sites for hydroxylation is 1. The van der Waals surface area contributed by atoms with Crippen LogP contribution in [0.4, 0.5) is 0 Å². The van der Waals surface area contributed by atoms with E-state index in [0.717, 1.165) is 30.0 Å². The number of hydrogen-bond acceptors (Lipinski definition) is 3. The van der Waals surface area contributed by atoms with Crippen molar-refractivity contribution in [3.8, 4) is 5.75 Å². The predicted octanol–water partition coefficient (Wildman–Crippen LogP) is 2.77. The number of nitrogens with zero attached hydrogens (tertiary/aromatic N) is 2. The number of benzene rings is 1. The van der Waals surface area contributed by atoms with E-state index in [1.54, 1.807) is 10.9 Å². The maximum atomic E-state index is 10.4. The van der Waals surface area contributed by atoms with Gasteiger partial charge in [0.05, 0.1) is 12.3 Å². The highest BCUT2D eigenvalue weighted by atomic mass is 16.5. The van der Waals surface area contributed by atoms with Gasteiger partial charge in [0, 0.05) is 12.7 Å². The minimum Gasteiger partial charge on any atom is -0.494 e. The molecule has 4 nitrogen and oxygen atoms in total. The minimum atomic E-state index is -0.673. The Bertz CT molecular complexity index is 522. The molecular weight excluding hydrogens is 240 g/mol. The van der Waals surface area contributed by atoms with Crippen LogP contribution in [0.25, 0.3) is 0 Å². The van der Waals surface area contributed by atoms with Gasteiger partial charge in [-0.25, -0.2) is 0 Å². The van der Waals surface area contributed by atoms with Crippen molar-refractivity contribution in [2.45, 2.75) is 32.9 Å². The van der Waals surface area contributed by atoms with Gasteiger partial charge in [-0.1, -0.05) is 19.1 Å². The molecule has 1 N–H and O–H groups in total. The number of aliphatic hydroxyl groups is 1. The van der Waals surface area contributed by atoms with Gasteiger partial charge < -0.3 is 9.84 Å². The van der Waals surface area contributed by atoms with Crippen molar-refractivity contribution in [2.24, 2.45) is 0 Å². The van der Waals surface area contributed by atoms with Gasteiger partial charge in [-0.2, -0.15) is 5.10 Å². The van der Waals surface area contributed by atoms with Crippen LogP contribution in [0.5, 0.6) is 5.75 Å². The quantitative estimate of drug-likeness (QED) is 0.868. The highest BCUT2D eigenvalue weighted by molar-refractivity contribution is 5.33. The summed E-state index contributed by atoms with van der Waals surface area (Å²) in [6, 6.07) is 9.43. The smallest absolute Gasteiger partial charge is 0.121 e. The highest BCUT2D eigenvalue weighted by Crippen LogP contribution is 2.25. The first-order chi connectivity index (χ1) is 9.26. The van der Waals surface area contributed by atoms with E-state index < -0.39 is 6.10 Å². The van der Waals surface area contributed by atoms with Crippen molar-refractivity contribution in [3.63, 3.8) is 0 Å². The molecule has 0 aliphatic rings.